The monoisotopic (exact) mass is 280 g/mol. The van der Waals surface area contributed by atoms with Crippen molar-refractivity contribution in [3.05, 3.63) is 16.2 Å². The van der Waals surface area contributed by atoms with Crippen LogP contribution in [0, 0.1) is 10.1 Å². The Bertz CT molecular complexity index is 563. The summed E-state index contributed by atoms with van der Waals surface area (Å²) in [5.74, 6) is -0.868. The fourth-order valence-electron chi connectivity index (χ4n) is 0.885. The molecule has 0 fully saturated rings. The summed E-state index contributed by atoms with van der Waals surface area (Å²) in [5, 5.41) is 10.2. The predicted molar refractivity (Wildman–Crippen MR) is 59.8 cm³/mol. The van der Waals surface area contributed by atoms with Crippen molar-refractivity contribution in [2.45, 2.75) is 4.21 Å². The zero-order chi connectivity index (χ0) is 13.2. The number of nitrogen functional groups attached to an aromatic ring is 1. The molecule has 0 saturated carbocycles. The SMILES string of the molecule is NC(=O)CNS(=O)(=O)c1cc([N+](=O)[O-])c(N)s1. The van der Waals surface area contributed by atoms with E-state index in [1.165, 1.54) is 0 Å². The van der Waals surface area contributed by atoms with E-state index in [4.69, 9.17) is 11.5 Å². The molecule has 0 spiro atoms. The van der Waals surface area contributed by atoms with Gasteiger partial charge in [0.1, 0.15) is 4.21 Å². The largest absolute Gasteiger partial charge is 0.385 e. The number of nitrogens with one attached hydrogen (secondary N) is 1. The number of hydrogen-bond acceptors (Lipinski definition) is 7. The first-order valence-corrected chi connectivity index (χ1v) is 6.35. The van der Waals surface area contributed by atoms with E-state index < -0.39 is 33.1 Å². The van der Waals surface area contributed by atoms with E-state index in [9.17, 15) is 23.3 Å². The lowest BCUT2D eigenvalue weighted by atomic mass is 10.5. The van der Waals surface area contributed by atoms with E-state index in [0.717, 1.165) is 6.07 Å². The molecule has 0 saturated heterocycles. The molecule has 11 heteroatoms. The Morgan fingerprint density at radius 2 is 2.18 bits per heavy atom. The van der Waals surface area contributed by atoms with Gasteiger partial charge in [0.2, 0.25) is 5.91 Å². The summed E-state index contributed by atoms with van der Waals surface area (Å²) in [5.41, 5.74) is 9.56. The maximum atomic E-state index is 11.5. The average molecular weight is 280 g/mol. The Morgan fingerprint density at radius 3 is 2.59 bits per heavy atom. The van der Waals surface area contributed by atoms with Crippen LogP contribution < -0.4 is 16.2 Å². The fraction of sp³-hybridized carbons (Fsp3) is 0.167. The number of amides is 1. The molecular formula is C6H8N4O5S2. The van der Waals surface area contributed by atoms with E-state index in [1.54, 1.807) is 0 Å². The zero-order valence-corrected chi connectivity index (χ0v) is 9.88. The van der Waals surface area contributed by atoms with Crippen molar-refractivity contribution in [3.8, 4) is 0 Å². The second kappa shape index (κ2) is 4.65. The quantitative estimate of drug-likeness (QED) is 0.463. The third-order valence-corrected chi connectivity index (χ3v) is 4.44. The lowest BCUT2D eigenvalue weighted by Crippen LogP contribution is -2.32. The number of sulfonamides is 1. The number of thiophene rings is 1. The number of primary amides is 1. The zero-order valence-electron chi connectivity index (χ0n) is 8.24. The van der Waals surface area contributed by atoms with Gasteiger partial charge in [-0.3, -0.25) is 14.9 Å². The third-order valence-electron chi connectivity index (χ3n) is 1.62. The molecule has 0 bridgehead atoms. The molecule has 9 nitrogen and oxygen atoms in total. The number of nitrogens with zero attached hydrogens (tertiary/aromatic N) is 1. The molecule has 1 aromatic rings. The van der Waals surface area contributed by atoms with Crippen LogP contribution >= 0.6 is 11.3 Å². The van der Waals surface area contributed by atoms with Crippen molar-refractivity contribution < 1.29 is 18.1 Å². The third kappa shape index (κ3) is 3.12. The van der Waals surface area contributed by atoms with E-state index >= 15 is 0 Å². The van der Waals surface area contributed by atoms with Gasteiger partial charge in [-0.2, -0.15) is 0 Å². The number of nitrogens with two attached hydrogens (primary N) is 2. The molecule has 17 heavy (non-hydrogen) atoms. The number of carbonyl (C=O) groups excluding carboxylic acids is 1. The molecular weight excluding hydrogens is 272 g/mol. The normalized spacial score (nSPS) is 11.3. The Labute approximate surface area is 99.6 Å². The topological polar surface area (TPSA) is 158 Å². The molecule has 0 aliphatic carbocycles. The van der Waals surface area contributed by atoms with Crippen molar-refractivity contribution in [3.63, 3.8) is 0 Å². The van der Waals surface area contributed by atoms with Crippen LogP contribution in [0.3, 0.4) is 0 Å². The molecule has 1 rings (SSSR count). The first-order chi connectivity index (χ1) is 7.74. The highest BCUT2D eigenvalue weighted by atomic mass is 32.2. The van der Waals surface area contributed by atoms with Crippen LogP contribution in [-0.2, 0) is 14.8 Å². The fourth-order valence-corrected chi connectivity index (χ4v) is 3.14. The van der Waals surface area contributed by atoms with Gasteiger partial charge in [-0.25, -0.2) is 13.1 Å². The second-order valence-corrected chi connectivity index (χ2v) is 5.94. The summed E-state index contributed by atoms with van der Waals surface area (Å²) in [6.07, 6.45) is 0. The van der Waals surface area contributed by atoms with Gasteiger partial charge in [-0.15, -0.1) is 0 Å². The van der Waals surface area contributed by atoms with Gasteiger partial charge >= 0.3 is 5.69 Å². The molecule has 1 aromatic heterocycles. The summed E-state index contributed by atoms with van der Waals surface area (Å²) < 4.78 is 24.6. The smallest absolute Gasteiger partial charge is 0.304 e. The van der Waals surface area contributed by atoms with Crippen LogP contribution in [0.2, 0.25) is 0 Å². The van der Waals surface area contributed by atoms with Gasteiger partial charge in [0.15, 0.2) is 5.00 Å². The summed E-state index contributed by atoms with van der Waals surface area (Å²) >= 11 is 0.535. The van der Waals surface area contributed by atoms with E-state index in [2.05, 4.69) is 0 Å². The van der Waals surface area contributed by atoms with Gasteiger partial charge < -0.3 is 11.5 Å². The minimum atomic E-state index is -4.01. The summed E-state index contributed by atoms with van der Waals surface area (Å²) in [4.78, 5) is 20.1. The van der Waals surface area contributed by atoms with Crippen molar-refractivity contribution in [2.75, 3.05) is 12.3 Å². The molecule has 0 unspecified atom stereocenters. The summed E-state index contributed by atoms with van der Waals surface area (Å²) in [6.45, 7) is -0.589. The molecule has 5 N–H and O–H groups in total. The molecule has 0 atom stereocenters. The number of nitro groups is 1. The Kier molecular flexibility index (Phi) is 3.65. The Morgan fingerprint density at radius 1 is 1.59 bits per heavy atom. The number of rotatable bonds is 5. The summed E-state index contributed by atoms with van der Waals surface area (Å²) in [7, 11) is -4.01. The molecule has 1 heterocycles. The van der Waals surface area contributed by atoms with Gasteiger partial charge in [0.25, 0.3) is 10.0 Å². The van der Waals surface area contributed by atoms with Gasteiger partial charge in [0.05, 0.1) is 11.5 Å². The van der Waals surface area contributed by atoms with Gasteiger partial charge in [-0.05, 0) is 0 Å². The highest BCUT2D eigenvalue weighted by Gasteiger charge is 2.24. The van der Waals surface area contributed by atoms with Crippen molar-refractivity contribution in [1.29, 1.82) is 0 Å². The predicted octanol–water partition coefficient (Wildman–Crippen LogP) is -0.998. The van der Waals surface area contributed by atoms with E-state index in [0.29, 0.717) is 11.3 Å². The average Bonchev–Trinajstić information content (AvgIpc) is 2.58. The first-order valence-electron chi connectivity index (χ1n) is 4.05. The van der Waals surface area contributed by atoms with Crippen LogP contribution in [-0.4, -0.2) is 25.8 Å². The lowest BCUT2D eigenvalue weighted by Gasteiger charge is -2.00. The highest BCUT2D eigenvalue weighted by molar-refractivity contribution is 7.91. The lowest BCUT2D eigenvalue weighted by molar-refractivity contribution is -0.383. The maximum Gasteiger partial charge on any atom is 0.304 e. The molecule has 0 aliphatic rings. The number of anilines is 1. The minimum absolute atomic E-state index is 0.227. The Hall–Kier alpha value is -1.72. The van der Waals surface area contributed by atoms with Crippen LogP contribution in [0.25, 0.3) is 0 Å². The van der Waals surface area contributed by atoms with Gasteiger partial charge in [-0.1, -0.05) is 11.3 Å². The van der Waals surface area contributed by atoms with Crippen LogP contribution in [0.5, 0.6) is 0 Å². The number of hydrogen-bond donors (Lipinski definition) is 3. The second-order valence-electron chi connectivity index (χ2n) is 2.86. The molecule has 0 aliphatic heterocycles. The molecule has 0 radical (unpaired) electrons. The van der Waals surface area contributed by atoms with Crippen LogP contribution in [0.4, 0.5) is 10.7 Å². The van der Waals surface area contributed by atoms with Gasteiger partial charge in [0, 0.05) is 6.07 Å². The molecule has 0 aromatic carbocycles. The van der Waals surface area contributed by atoms with Crippen LogP contribution in [0.15, 0.2) is 10.3 Å². The summed E-state index contributed by atoms with van der Waals surface area (Å²) in [6, 6.07) is 0.823. The van der Waals surface area contributed by atoms with Crippen molar-refractivity contribution >= 4 is 38.0 Å². The minimum Gasteiger partial charge on any atom is -0.385 e. The highest BCUT2D eigenvalue weighted by Crippen LogP contribution is 2.34. The molecule has 94 valence electrons. The Balaban J connectivity index is 3.04. The maximum absolute atomic E-state index is 11.5. The molecule has 1 amide bonds. The van der Waals surface area contributed by atoms with E-state index in [-0.39, 0.29) is 9.21 Å². The van der Waals surface area contributed by atoms with Crippen molar-refractivity contribution in [2.24, 2.45) is 5.73 Å². The van der Waals surface area contributed by atoms with Crippen LogP contribution in [0.1, 0.15) is 0 Å². The van der Waals surface area contributed by atoms with E-state index in [1.807, 2.05) is 4.72 Å². The standard InChI is InChI=1S/C6H8N4O5S2/c7-4(11)2-9-17(14,15)5-1-3(10(12)13)6(8)16-5/h1,9H,2,8H2,(H2,7,11). The number of carbonyl (C=O) groups is 1. The van der Waals surface area contributed by atoms with Crippen molar-refractivity contribution in [1.82, 2.24) is 4.72 Å². The first kappa shape index (κ1) is 13.3.